The zero-order chi connectivity index (χ0) is 16.0. The highest BCUT2D eigenvalue weighted by molar-refractivity contribution is 5.89. The van der Waals surface area contributed by atoms with E-state index in [4.69, 9.17) is 0 Å². The monoisotopic (exact) mass is 309 g/mol. The van der Waals surface area contributed by atoms with Crippen LogP contribution in [-0.2, 0) is 0 Å². The molecule has 4 heteroatoms. The van der Waals surface area contributed by atoms with Crippen molar-refractivity contribution in [3.63, 3.8) is 0 Å². The molecule has 3 atom stereocenters. The second-order valence-corrected chi connectivity index (χ2v) is 6.13. The number of nitrogens with one attached hydrogen (secondary N) is 1. The van der Waals surface area contributed by atoms with Gasteiger partial charge in [0.2, 0.25) is 0 Å². The lowest BCUT2D eigenvalue weighted by Crippen LogP contribution is -2.29. The molecule has 1 aliphatic heterocycles. The number of carbonyl (C=O) groups is 1. The van der Waals surface area contributed by atoms with E-state index >= 15 is 0 Å². The fraction of sp³-hybridized carbons (Fsp3) is 0.211. The number of allylic oxidation sites excluding steroid dienone is 2. The fourth-order valence-corrected chi connectivity index (χ4v) is 3.73. The van der Waals surface area contributed by atoms with Crippen molar-refractivity contribution < 1.29 is 14.3 Å². The average molecular weight is 309 g/mol. The smallest absolute Gasteiger partial charge is 0.335 e. The Morgan fingerprint density at radius 2 is 1.96 bits per heavy atom. The predicted molar refractivity (Wildman–Crippen MR) is 86.2 cm³/mol. The lowest BCUT2D eigenvalue weighted by atomic mass is 9.76. The third kappa shape index (κ3) is 2.31. The number of hydrogen-bond donors (Lipinski definition) is 2. The van der Waals surface area contributed by atoms with Gasteiger partial charge >= 0.3 is 5.97 Å². The quantitative estimate of drug-likeness (QED) is 0.811. The number of benzene rings is 2. The first kappa shape index (κ1) is 14.0. The van der Waals surface area contributed by atoms with Crippen molar-refractivity contribution in [2.45, 2.75) is 18.4 Å². The van der Waals surface area contributed by atoms with E-state index in [1.807, 2.05) is 18.2 Å². The van der Waals surface area contributed by atoms with Gasteiger partial charge in [-0.1, -0.05) is 24.3 Å². The topological polar surface area (TPSA) is 49.3 Å². The molecule has 2 N–H and O–H groups in total. The van der Waals surface area contributed by atoms with E-state index in [1.54, 1.807) is 12.1 Å². The molecule has 0 aromatic heterocycles. The van der Waals surface area contributed by atoms with Gasteiger partial charge in [0.05, 0.1) is 11.6 Å². The molecule has 1 aliphatic carbocycles. The summed E-state index contributed by atoms with van der Waals surface area (Å²) in [5.41, 5.74) is 3.35. The minimum absolute atomic E-state index is 0.0961. The molecule has 1 heterocycles. The summed E-state index contributed by atoms with van der Waals surface area (Å²) in [6.45, 7) is 0. The van der Waals surface area contributed by atoms with Gasteiger partial charge in [0.25, 0.3) is 0 Å². The number of hydrogen-bond acceptors (Lipinski definition) is 2. The fourth-order valence-electron chi connectivity index (χ4n) is 3.73. The van der Waals surface area contributed by atoms with Crippen molar-refractivity contribution in [1.82, 2.24) is 0 Å². The van der Waals surface area contributed by atoms with Gasteiger partial charge in [-0.05, 0) is 53.8 Å². The number of rotatable bonds is 2. The number of carboxylic acid groups (broad SMARTS) is 1. The standard InChI is InChI=1S/C19H16FNO2/c20-13-7-4-11(5-8-13)18-15-3-1-2-14(15)16-10-12(19(22)23)6-9-17(16)21-18/h1-2,4-10,14-15,18,21H,3H2,(H,22,23). The van der Waals surface area contributed by atoms with Crippen LogP contribution < -0.4 is 5.32 Å². The molecule has 0 fully saturated rings. The van der Waals surface area contributed by atoms with E-state index in [-0.39, 0.29) is 17.8 Å². The molecular formula is C19H16FNO2. The minimum atomic E-state index is -0.910. The first-order valence-corrected chi connectivity index (χ1v) is 7.69. The minimum Gasteiger partial charge on any atom is -0.478 e. The van der Waals surface area contributed by atoms with E-state index in [1.165, 1.54) is 12.1 Å². The number of anilines is 1. The number of aromatic carboxylic acids is 1. The number of fused-ring (bicyclic) bond motifs is 3. The molecule has 2 aliphatic rings. The van der Waals surface area contributed by atoms with Crippen LogP contribution in [0.15, 0.2) is 54.6 Å². The van der Waals surface area contributed by atoms with Crippen LogP contribution in [0.25, 0.3) is 0 Å². The lowest BCUT2D eigenvalue weighted by molar-refractivity contribution is 0.0696. The second kappa shape index (κ2) is 5.23. The Morgan fingerprint density at radius 3 is 2.70 bits per heavy atom. The Labute approximate surface area is 133 Å². The molecule has 0 amide bonds. The summed E-state index contributed by atoms with van der Waals surface area (Å²) in [6.07, 6.45) is 5.24. The summed E-state index contributed by atoms with van der Waals surface area (Å²) >= 11 is 0. The Hall–Kier alpha value is -2.62. The van der Waals surface area contributed by atoms with Gasteiger partial charge in [0.15, 0.2) is 0 Å². The summed E-state index contributed by atoms with van der Waals surface area (Å²) in [7, 11) is 0. The van der Waals surface area contributed by atoms with Gasteiger partial charge in [-0.2, -0.15) is 0 Å². The van der Waals surface area contributed by atoms with Crippen molar-refractivity contribution in [2.75, 3.05) is 5.32 Å². The molecule has 23 heavy (non-hydrogen) atoms. The van der Waals surface area contributed by atoms with Crippen LogP contribution >= 0.6 is 0 Å². The van der Waals surface area contributed by atoms with Crippen LogP contribution in [-0.4, -0.2) is 11.1 Å². The zero-order valence-corrected chi connectivity index (χ0v) is 12.4. The van der Waals surface area contributed by atoms with Crippen LogP contribution in [0.3, 0.4) is 0 Å². The van der Waals surface area contributed by atoms with Crippen molar-refractivity contribution in [2.24, 2.45) is 5.92 Å². The van der Waals surface area contributed by atoms with Crippen LogP contribution in [0.2, 0.25) is 0 Å². The average Bonchev–Trinajstić information content (AvgIpc) is 3.04. The van der Waals surface area contributed by atoms with E-state index < -0.39 is 5.97 Å². The van der Waals surface area contributed by atoms with Crippen molar-refractivity contribution in [3.8, 4) is 0 Å². The van der Waals surface area contributed by atoms with Crippen LogP contribution in [0.5, 0.6) is 0 Å². The van der Waals surface area contributed by atoms with Gasteiger partial charge in [-0.15, -0.1) is 0 Å². The first-order valence-electron chi connectivity index (χ1n) is 7.69. The Morgan fingerprint density at radius 1 is 1.17 bits per heavy atom. The molecule has 3 unspecified atom stereocenters. The number of carboxylic acids is 1. The Kier molecular flexibility index (Phi) is 3.18. The van der Waals surface area contributed by atoms with Gasteiger partial charge in [-0.3, -0.25) is 0 Å². The van der Waals surface area contributed by atoms with Crippen molar-refractivity contribution in [3.05, 3.63) is 77.1 Å². The summed E-state index contributed by atoms with van der Waals surface area (Å²) in [4.78, 5) is 11.2. The highest BCUT2D eigenvalue weighted by Crippen LogP contribution is 2.49. The Balaban J connectivity index is 1.77. The predicted octanol–water partition coefficient (Wildman–Crippen LogP) is 4.35. The molecule has 0 radical (unpaired) electrons. The molecular weight excluding hydrogens is 293 g/mol. The molecule has 2 aromatic carbocycles. The normalized spacial score (nSPS) is 24.7. The number of halogens is 1. The third-order valence-corrected chi connectivity index (χ3v) is 4.84. The molecule has 3 nitrogen and oxygen atoms in total. The molecule has 0 saturated heterocycles. The maximum atomic E-state index is 13.2. The zero-order valence-electron chi connectivity index (χ0n) is 12.4. The summed E-state index contributed by atoms with van der Waals surface area (Å²) in [5.74, 6) is -0.637. The SMILES string of the molecule is O=C(O)c1ccc2c(c1)C1C=CCC1C(c1ccc(F)cc1)N2. The molecule has 0 saturated carbocycles. The summed E-state index contributed by atoms with van der Waals surface area (Å²) in [6, 6.07) is 11.9. The van der Waals surface area contributed by atoms with Crippen molar-refractivity contribution >= 4 is 11.7 Å². The van der Waals surface area contributed by atoms with Crippen LogP contribution in [0.1, 0.15) is 39.9 Å². The molecule has 4 rings (SSSR count). The first-order chi connectivity index (χ1) is 11.1. The molecule has 2 aromatic rings. The van der Waals surface area contributed by atoms with E-state index in [0.717, 1.165) is 23.2 Å². The van der Waals surface area contributed by atoms with Crippen molar-refractivity contribution in [1.29, 1.82) is 0 Å². The van der Waals surface area contributed by atoms with E-state index in [2.05, 4.69) is 17.5 Å². The maximum absolute atomic E-state index is 13.2. The van der Waals surface area contributed by atoms with Crippen LogP contribution in [0, 0.1) is 11.7 Å². The Bertz CT molecular complexity index is 798. The molecule has 0 spiro atoms. The van der Waals surface area contributed by atoms with Gasteiger partial charge in [-0.25, -0.2) is 9.18 Å². The molecule has 116 valence electrons. The second-order valence-electron chi connectivity index (χ2n) is 6.13. The van der Waals surface area contributed by atoms with Crippen LogP contribution in [0.4, 0.5) is 10.1 Å². The highest BCUT2D eigenvalue weighted by atomic mass is 19.1. The largest absolute Gasteiger partial charge is 0.478 e. The maximum Gasteiger partial charge on any atom is 0.335 e. The lowest BCUT2D eigenvalue weighted by Gasteiger charge is -2.37. The highest BCUT2D eigenvalue weighted by Gasteiger charge is 2.38. The van der Waals surface area contributed by atoms with Gasteiger partial charge in [0, 0.05) is 11.6 Å². The van der Waals surface area contributed by atoms with E-state index in [9.17, 15) is 14.3 Å². The van der Waals surface area contributed by atoms with E-state index in [0.29, 0.717) is 11.5 Å². The summed E-state index contributed by atoms with van der Waals surface area (Å²) in [5, 5.41) is 12.7. The van der Waals surface area contributed by atoms with Gasteiger partial charge < -0.3 is 10.4 Å². The molecule has 0 bridgehead atoms. The summed E-state index contributed by atoms with van der Waals surface area (Å²) < 4.78 is 13.2. The third-order valence-electron chi connectivity index (χ3n) is 4.84. The van der Waals surface area contributed by atoms with Gasteiger partial charge in [0.1, 0.15) is 5.82 Å².